The molecule has 0 aliphatic carbocycles. The van der Waals surface area contributed by atoms with Crippen LogP contribution in [-0.4, -0.2) is 16.3 Å². The third-order valence-corrected chi connectivity index (χ3v) is 4.61. The molecule has 0 radical (unpaired) electrons. The van der Waals surface area contributed by atoms with Gasteiger partial charge in [0.05, 0.1) is 19.0 Å². The summed E-state index contributed by atoms with van der Waals surface area (Å²) in [6.45, 7) is 6.55. The predicted octanol–water partition coefficient (Wildman–Crippen LogP) is 4.07. The Hall–Kier alpha value is -1.17. The first-order valence-electron chi connectivity index (χ1n) is 7.68. The number of benzene rings is 1. The van der Waals surface area contributed by atoms with E-state index in [1.54, 1.807) is 13.3 Å². The molecule has 1 heterocycles. The standard InChI is InChI=1S/C17H23ClN2O2S/c1-10(2)7-11(3)17(20-23-21)12-5-6-15(22-4)14-9-19-16(18)8-13(12)14/h5-6,8-11,17,23H,7H2,1-4H3,(H,20,21)/t11?,17-/m1/s1. The van der Waals surface area contributed by atoms with Crippen LogP contribution in [-0.2, 0) is 11.9 Å². The Balaban J connectivity index is 2.58. The summed E-state index contributed by atoms with van der Waals surface area (Å²) in [4.78, 5) is 4.16. The van der Waals surface area contributed by atoms with Crippen molar-refractivity contribution < 1.29 is 8.95 Å². The van der Waals surface area contributed by atoms with Gasteiger partial charge in [-0.05, 0) is 41.3 Å². The van der Waals surface area contributed by atoms with Crippen molar-refractivity contribution in [3.63, 3.8) is 0 Å². The largest absolute Gasteiger partial charge is 0.496 e. The van der Waals surface area contributed by atoms with E-state index in [1.165, 1.54) is 0 Å². The molecular weight excluding hydrogens is 332 g/mol. The van der Waals surface area contributed by atoms with Crippen LogP contribution in [0.1, 0.15) is 38.8 Å². The third kappa shape index (κ3) is 4.22. The van der Waals surface area contributed by atoms with E-state index in [4.69, 9.17) is 16.3 Å². The highest BCUT2D eigenvalue weighted by molar-refractivity contribution is 7.63. The van der Waals surface area contributed by atoms with E-state index in [0.29, 0.717) is 17.0 Å². The molecule has 0 saturated carbocycles. The molecule has 6 heteroatoms. The summed E-state index contributed by atoms with van der Waals surface area (Å²) < 4.78 is 19.7. The zero-order valence-corrected chi connectivity index (χ0v) is 15.5. The lowest BCUT2D eigenvalue weighted by Gasteiger charge is -2.26. The minimum absolute atomic E-state index is 0.0385. The first-order chi connectivity index (χ1) is 11.0. The smallest absolute Gasteiger partial charge is 0.129 e. The molecule has 0 bridgehead atoms. The van der Waals surface area contributed by atoms with E-state index in [9.17, 15) is 4.21 Å². The fraction of sp³-hybridized carbons (Fsp3) is 0.471. The second kappa shape index (κ2) is 8.08. The van der Waals surface area contributed by atoms with Gasteiger partial charge in [0.2, 0.25) is 0 Å². The van der Waals surface area contributed by atoms with E-state index in [-0.39, 0.29) is 17.9 Å². The van der Waals surface area contributed by atoms with Crippen LogP contribution in [0.5, 0.6) is 5.75 Å². The number of ether oxygens (including phenoxy) is 1. The monoisotopic (exact) mass is 354 g/mol. The number of rotatable bonds is 7. The van der Waals surface area contributed by atoms with Crippen molar-refractivity contribution in [2.24, 2.45) is 11.8 Å². The normalized spacial score (nSPS) is 14.2. The molecule has 1 N–H and O–H groups in total. The van der Waals surface area contributed by atoms with Crippen molar-refractivity contribution in [1.29, 1.82) is 0 Å². The lowest BCUT2D eigenvalue weighted by atomic mass is 9.86. The van der Waals surface area contributed by atoms with E-state index in [2.05, 4.69) is 30.5 Å². The second-order valence-corrected chi connectivity index (χ2v) is 7.04. The Morgan fingerprint density at radius 1 is 1.30 bits per heavy atom. The average molecular weight is 355 g/mol. The van der Waals surface area contributed by atoms with Crippen molar-refractivity contribution in [2.75, 3.05) is 7.11 Å². The van der Waals surface area contributed by atoms with Gasteiger partial charge in [-0.15, -0.1) is 0 Å². The molecular formula is C17H23ClN2O2S. The molecule has 0 saturated heterocycles. The van der Waals surface area contributed by atoms with Gasteiger partial charge in [-0.3, -0.25) is 0 Å². The Morgan fingerprint density at radius 3 is 2.65 bits per heavy atom. The maximum Gasteiger partial charge on any atom is 0.129 e. The van der Waals surface area contributed by atoms with Gasteiger partial charge in [0, 0.05) is 17.6 Å². The van der Waals surface area contributed by atoms with Gasteiger partial charge >= 0.3 is 0 Å². The summed E-state index contributed by atoms with van der Waals surface area (Å²) >= 11 is 6.02. The number of pyridine rings is 1. The van der Waals surface area contributed by atoms with Gasteiger partial charge in [-0.25, -0.2) is 13.9 Å². The van der Waals surface area contributed by atoms with Gasteiger partial charge in [-0.1, -0.05) is 38.4 Å². The third-order valence-electron chi connectivity index (χ3n) is 4.02. The minimum atomic E-state index is -0.0791. The second-order valence-electron chi connectivity index (χ2n) is 6.21. The molecule has 4 nitrogen and oxygen atoms in total. The number of thiol groups is 1. The van der Waals surface area contributed by atoms with Crippen LogP contribution in [0.4, 0.5) is 0 Å². The fourth-order valence-corrected chi connectivity index (χ4v) is 3.76. The van der Waals surface area contributed by atoms with Crippen LogP contribution < -0.4 is 9.46 Å². The molecule has 0 fully saturated rings. The van der Waals surface area contributed by atoms with Crippen molar-refractivity contribution in [3.05, 3.63) is 35.1 Å². The number of fused-ring (bicyclic) bond motifs is 1. The predicted molar refractivity (Wildman–Crippen MR) is 97.3 cm³/mol. The highest BCUT2D eigenvalue weighted by atomic mass is 35.5. The SMILES string of the molecule is COc1ccc([C@H](N[SH]=O)C(C)CC(C)C)c2cc(Cl)ncc12. The van der Waals surface area contributed by atoms with Crippen LogP contribution >= 0.6 is 11.6 Å². The number of hydrogen-bond donors (Lipinski definition) is 2. The first-order valence-corrected chi connectivity index (χ1v) is 8.87. The molecule has 1 aromatic heterocycles. The van der Waals surface area contributed by atoms with Crippen molar-refractivity contribution in [3.8, 4) is 5.75 Å². The summed E-state index contributed by atoms with van der Waals surface area (Å²) in [6.07, 6.45) is 2.75. The van der Waals surface area contributed by atoms with Gasteiger partial charge < -0.3 is 4.74 Å². The van der Waals surface area contributed by atoms with Gasteiger partial charge in [0.1, 0.15) is 10.9 Å². The number of halogens is 1. The topological polar surface area (TPSA) is 51.2 Å². The van der Waals surface area contributed by atoms with Crippen LogP contribution in [0.2, 0.25) is 5.15 Å². The van der Waals surface area contributed by atoms with Crippen LogP contribution in [0, 0.1) is 11.8 Å². The molecule has 1 unspecified atom stereocenters. The van der Waals surface area contributed by atoms with E-state index >= 15 is 0 Å². The summed E-state index contributed by atoms with van der Waals surface area (Å²) in [5.41, 5.74) is 1.06. The van der Waals surface area contributed by atoms with Crippen LogP contribution in [0.25, 0.3) is 10.8 Å². The number of nitrogens with one attached hydrogen (secondary N) is 1. The zero-order valence-electron chi connectivity index (χ0n) is 13.8. The first kappa shape index (κ1) is 18.2. The Kier molecular flexibility index (Phi) is 6.39. The Labute approximate surface area is 146 Å². The quantitative estimate of drug-likeness (QED) is 0.582. The number of methoxy groups -OCH3 is 1. The molecule has 2 rings (SSSR count). The highest BCUT2D eigenvalue weighted by Gasteiger charge is 2.23. The molecule has 1 aromatic carbocycles. The number of aromatic nitrogens is 1. The molecule has 23 heavy (non-hydrogen) atoms. The lowest BCUT2D eigenvalue weighted by Crippen LogP contribution is -2.25. The molecule has 2 aromatic rings. The minimum Gasteiger partial charge on any atom is -0.496 e. The summed E-state index contributed by atoms with van der Waals surface area (Å²) in [7, 11) is 1.64. The Morgan fingerprint density at radius 2 is 2.04 bits per heavy atom. The van der Waals surface area contributed by atoms with Crippen molar-refractivity contribution in [2.45, 2.75) is 33.2 Å². The van der Waals surface area contributed by atoms with E-state index in [1.807, 2.05) is 18.2 Å². The molecule has 0 aliphatic heterocycles. The van der Waals surface area contributed by atoms with E-state index < -0.39 is 0 Å². The molecule has 2 atom stereocenters. The highest BCUT2D eigenvalue weighted by Crippen LogP contribution is 2.36. The number of nitrogens with zero attached hydrogens (tertiary/aromatic N) is 1. The van der Waals surface area contributed by atoms with Crippen LogP contribution in [0.15, 0.2) is 24.4 Å². The fourth-order valence-electron chi connectivity index (χ4n) is 3.10. The van der Waals surface area contributed by atoms with Gasteiger partial charge in [0.15, 0.2) is 0 Å². The van der Waals surface area contributed by atoms with E-state index in [0.717, 1.165) is 28.5 Å². The molecule has 0 aliphatic rings. The summed E-state index contributed by atoms with van der Waals surface area (Å²) in [5, 5.41) is 2.31. The average Bonchev–Trinajstić information content (AvgIpc) is 2.51. The maximum atomic E-state index is 11.2. The molecule has 0 spiro atoms. The number of hydrogen-bond acceptors (Lipinski definition) is 3. The lowest BCUT2D eigenvalue weighted by molar-refractivity contribution is 0.364. The van der Waals surface area contributed by atoms with Gasteiger partial charge in [-0.2, -0.15) is 0 Å². The maximum absolute atomic E-state index is 11.2. The Bertz CT molecular complexity index is 694. The summed E-state index contributed by atoms with van der Waals surface area (Å²) in [6, 6.07) is 5.74. The van der Waals surface area contributed by atoms with Crippen LogP contribution in [0.3, 0.4) is 0 Å². The summed E-state index contributed by atoms with van der Waals surface area (Å²) in [5.74, 6) is 1.63. The van der Waals surface area contributed by atoms with Gasteiger partial charge in [0.25, 0.3) is 0 Å². The van der Waals surface area contributed by atoms with Crippen molar-refractivity contribution in [1.82, 2.24) is 9.71 Å². The van der Waals surface area contributed by atoms with Crippen molar-refractivity contribution >= 4 is 34.2 Å². The zero-order chi connectivity index (χ0) is 17.0. The molecule has 126 valence electrons. The molecule has 0 amide bonds.